The molecule has 1 aromatic carbocycles. The second kappa shape index (κ2) is 9.50. The Bertz CT molecular complexity index is 1280. The lowest BCUT2D eigenvalue weighted by atomic mass is 9.52. The molecule has 4 N–H and O–H groups in total. The Kier molecular flexibility index (Phi) is 6.68. The Labute approximate surface area is 226 Å². The molecule has 11 nitrogen and oxygen atoms in total. The molecule has 0 spiro atoms. The third kappa shape index (κ3) is 3.93. The van der Waals surface area contributed by atoms with E-state index in [1.807, 2.05) is 25.1 Å². The molecule has 4 aliphatic rings. The van der Waals surface area contributed by atoms with Gasteiger partial charge in [0.1, 0.15) is 5.75 Å². The number of aliphatic hydroxyl groups is 1. The van der Waals surface area contributed by atoms with Gasteiger partial charge >= 0.3 is 0 Å². The van der Waals surface area contributed by atoms with Crippen LogP contribution in [0.2, 0.25) is 0 Å². The summed E-state index contributed by atoms with van der Waals surface area (Å²) in [4.78, 5) is 72.4. The average molecular weight is 541 g/mol. The molecule has 0 bridgehead atoms. The van der Waals surface area contributed by atoms with Crippen LogP contribution in [0.3, 0.4) is 0 Å². The summed E-state index contributed by atoms with van der Waals surface area (Å²) in [5, 5.41) is 23.1. The molecule has 1 aromatic rings. The minimum absolute atomic E-state index is 0.0348. The van der Waals surface area contributed by atoms with Gasteiger partial charge in [-0.1, -0.05) is 0 Å². The van der Waals surface area contributed by atoms with E-state index in [1.54, 1.807) is 14.1 Å². The van der Waals surface area contributed by atoms with E-state index in [-0.39, 0.29) is 24.2 Å². The Morgan fingerprint density at radius 2 is 1.74 bits per heavy atom. The number of nitrogens with zero attached hydrogens (tertiary/aromatic N) is 3. The number of phenols is 1. The summed E-state index contributed by atoms with van der Waals surface area (Å²) in [7, 11) is 6.83. The van der Waals surface area contributed by atoms with Crippen LogP contribution >= 0.6 is 0 Å². The zero-order valence-electron chi connectivity index (χ0n) is 22.8. The van der Waals surface area contributed by atoms with Gasteiger partial charge in [-0.2, -0.15) is 0 Å². The number of benzene rings is 1. The van der Waals surface area contributed by atoms with Crippen molar-refractivity contribution in [2.75, 3.05) is 46.2 Å². The number of fused-ring (bicyclic) bond motifs is 3. The molecule has 5 rings (SSSR count). The van der Waals surface area contributed by atoms with Crippen LogP contribution in [-0.4, -0.2) is 102 Å². The summed E-state index contributed by atoms with van der Waals surface area (Å²) in [6.45, 7) is 2.22. The molecule has 1 saturated heterocycles. The summed E-state index contributed by atoms with van der Waals surface area (Å²) in [5.74, 6) is -10.2. The first-order chi connectivity index (χ1) is 18.3. The molecule has 3 aliphatic carbocycles. The largest absolute Gasteiger partial charge is 0.507 e. The number of carbonyl (C=O) groups is 5. The summed E-state index contributed by atoms with van der Waals surface area (Å²) < 4.78 is 0. The molecule has 6 atom stereocenters. The van der Waals surface area contributed by atoms with Gasteiger partial charge in [0.25, 0.3) is 0 Å². The van der Waals surface area contributed by atoms with E-state index in [0.29, 0.717) is 17.7 Å². The highest BCUT2D eigenvalue weighted by Crippen LogP contribution is 2.52. The third-order valence-corrected chi connectivity index (χ3v) is 9.19. The number of ketones is 4. The van der Waals surface area contributed by atoms with Gasteiger partial charge in [-0.05, 0) is 70.4 Å². The maximum Gasteiger partial charge on any atom is 0.235 e. The van der Waals surface area contributed by atoms with E-state index >= 15 is 0 Å². The Morgan fingerprint density at radius 1 is 1.10 bits per heavy atom. The fraction of sp³-hybridized carbons (Fsp3) is 0.607. The predicted octanol–water partition coefficient (Wildman–Crippen LogP) is -0.471. The van der Waals surface area contributed by atoms with Crippen molar-refractivity contribution in [3.8, 4) is 5.75 Å². The lowest BCUT2D eigenvalue weighted by Gasteiger charge is -2.52. The molecule has 0 aromatic heterocycles. The number of likely N-dealkylation sites (tertiary alicyclic amines) is 1. The number of carbonyl (C=O) groups excluding carboxylic acids is 5. The van der Waals surface area contributed by atoms with Crippen molar-refractivity contribution >= 4 is 34.7 Å². The summed E-state index contributed by atoms with van der Waals surface area (Å²) in [5.41, 5.74) is 4.64. The maximum absolute atomic E-state index is 14.1. The van der Waals surface area contributed by atoms with Crippen LogP contribution in [0.5, 0.6) is 5.75 Å². The number of likely N-dealkylation sites (N-methyl/N-ethyl adjacent to an activating group) is 1. The summed E-state index contributed by atoms with van der Waals surface area (Å²) in [6, 6.07) is 0.769. The van der Waals surface area contributed by atoms with Crippen LogP contribution in [0.15, 0.2) is 6.07 Å². The van der Waals surface area contributed by atoms with Gasteiger partial charge in [-0.15, -0.1) is 0 Å². The highest BCUT2D eigenvalue weighted by atomic mass is 16.3. The number of hydrogen-bond donors (Lipinski definition) is 3. The van der Waals surface area contributed by atoms with Crippen LogP contribution in [0.25, 0.3) is 0 Å². The van der Waals surface area contributed by atoms with Crippen LogP contribution in [0, 0.1) is 23.7 Å². The van der Waals surface area contributed by atoms with Gasteiger partial charge in [-0.3, -0.25) is 33.8 Å². The fourth-order valence-corrected chi connectivity index (χ4v) is 7.41. The number of rotatable bonds is 5. The first-order valence-electron chi connectivity index (χ1n) is 13.4. The molecule has 1 heterocycles. The third-order valence-electron chi connectivity index (χ3n) is 9.19. The van der Waals surface area contributed by atoms with Crippen LogP contribution in [-0.2, 0) is 32.1 Å². The lowest BCUT2D eigenvalue weighted by Crippen LogP contribution is -2.74. The highest BCUT2D eigenvalue weighted by Gasteiger charge is 2.69. The smallest absolute Gasteiger partial charge is 0.235 e. The van der Waals surface area contributed by atoms with Crippen molar-refractivity contribution in [1.29, 1.82) is 0 Å². The first kappa shape index (κ1) is 27.4. The molecule has 210 valence electrons. The predicted molar refractivity (Wildman–Crippen MR) is 140 cm³/mol. The fourth-order valence-electron chi connectivity index (χ4n) is 7.41. The Balaban J connectivity index is 1.63. The SMILES string of the molecule is CN(C)c1cc(CN2CCCC2)c(O)c2c1CC1CC3C(N(C)C)C(=O)C(C(N)=O)C(=O)C3(O)C(=O)C1C2=O. The van der Waals surface area contributed by atoms with Crippen molar-refractivity contribution < 1.29 is 34.2 Å². The Morgan fingerprint density at radius 3 is 2.31 bits per heavy atom. The molecule has 6 unspecified atom stereocenters. The second-order valence-electron chi connectivity index (χ2n) is 11.9. The number of aromatic hydroxyl groups is 1. The minimum Gasteiger partial charge on any atom is -0.507 e. The number of phenolic OH excluding ortho intramolecular Hbond substituents is 1. The van der Waals surface area contributed by atoms with Crippen molar-refractivity contribution in [3.05, 3.63) is 22.8 Å². The number of anilines is 1. The first-order valence-corrected chi connectivity index (χ1v) is 13.4. The highest BCUT2D eigenvalue weighted by molar-refractivity contribution is 6.32. The summed E-state index contributed by atoms with van der Waals surface area (Å²) in [6.07, 6.45) is 2.39. The van der Waals surface area contributed by atoms with Gasteiger partial charge in [0, 0.05) is 37.8 Å². The average Bonchev–Trinajstić information content (AvgIpc) is 3.35. The normalized spacial score (nSPS) is 32.7. The molecular formula is C28H36N4O7. The van der Waals surface area contributed by atoms with Gasteiger partial charge in [-0.25, -0.2) is 0 Å². The zero-order chi connectivity index (χ0) is 28.5. The molecule has 0 radical (unpaired) electrons. The second-order valence-corrected chi connectivity index (χ2v) is 11.9. The Hall–Kier alpha value is -3.15. The van der Waals surface area contributed by atoms with Gasteiger partial charge in [0.2, 0.25) is 5.91 Å². The summed E-state index contributed by atoms with van der Waals surface area (Å²) >= 11 is 0. The number of nitrogens with two attached hydrogens (primary N) is 1. The quantitative estimate of drug-likeness (QED) is 0.416. The van der Waals surface area contributed by atoms with Crippen molar-refractivity contribution in [3.63, 3.8) is 0 Å². The van der Waals surface area contributed by atoms with Crippen LogP contribution in [0.4, 0.5) is 5.69 Å². The standard InChI is InChI=1S/C28H36N4O7/c1-30(2)17-11-14(12-32-7-5-6-8-32)22(33)19-15(17)9-13-10-16-21(31(3)4)24(35)20(27(29)38)26(37)28(16,39)25(36)18(13)23(19)34/h11,13,16,18,20-21,33,39H,5-10,12H2,1-4H3,(H2,29,38). The number of hydrogen-bond acceptors (Lipinski definition) is 10. The number of primary amides is 1. The minimum atomic E-state index is -2.72. The maximum atomic E-state index is 14.1. The van der Waals surface area contributed by atoms with E-state index in [4.69, 9.17) is 5.73 Å². The van der Waals surface area contributed by atoms with E-state index in [0.717, 1.165) is 31.6 Å². The monoisotopic (exact) mass is 540 g/mol. The van der Waals surface area contributed by atoms with Gasteiger partial charge in [0.05, 0.1) is 17.5 Å². The van der Waals surface area contributed by atoms with Crippen LogP contribution < -0.4 is 10.6 Å². The van der Waals surface area contributed by atoms with Crippen molar-refractivity contribution in [2.24, 2.45) is 29.4 Å². The van der Waals surface area contributed by atoms with E-state index in [2.05, 4.69) is 4.90 Å². The number of Topliss-reactive ketones (excluding diaryl/α,β-unsaturated/α-hetero) is 4. The van der Waals surface area contributed by atoms with Crippen molar-refractivity contribution in [2.45, 2.75) is 43.9 Å². The molecule has 2 saturated carbocycles. The van der Waals surface area contributed by atoms with Gasteiger partial charge < -0.3 is 20.8 Å². The molecule has 1 aliphatic heterocycles. The van der Waals surface area contributed by atoms with Crippen molar-refractivity contribution in [1.82, 2.24) is 9.80 Å². The zero-order valence-corrected chi connectivity index (χ0v) is 22.8. The lowest BCUT2D eigenvalue weighted by molar-refractivity contribution is -0.181. The molecule has 1 amide bonds. The molecular weight excluding hydrogens is 504 g/mol. The van der Waals surface area contributed by atoms with E-state index in [1.165, 1.54) is 4.90 Å². The molecule has 39 heavy (non-hydrogen) atoms. The van der Waals surface area contributed by atoms with Gasteiger partial charge in [0.15, 0.2) is 34.7 Å². The van der Waals surface area contributed by atoms with Crippen LogP contribution in [0.1, 0.15) is 40.7 Å². The number of amides is 1. The molecule has 11 heteroatoms. The molecule has 3 fully saturated rings. The van der Waals surface area contributed by atoms with E-state index in [9.17, 15) is 34.2 Å². The topological polar surface area (TPSA) is 162 Å². The van der Waals surface area contributed by atoms with E-state index < -0.39 is 64.4 Å².